The molecule has 0 spiro atoms. The third kappa shape index (κ3) is 3.31. The second kappa shape index (κ2) is 5.83. The summed E-state index contributed by atoms with van der Waals surface area (Å²) in [4.78, 5) is 25.3. The van der Waals surface area contributed by atoms with Crippen LogP contribution in [0.2, 0.25) is 5.02 Å². The second-order valence-corrected chi connectivity index (χ2v) is 6.04. The number of carboxylic acid groups (broad SMARTS) is 1. The zero-order valence-electron chi connectivity index (χ0n) is 11.6. The average molecular weight is 296 g/mol. The molecule has 108 valence electrons. The van der Waals surface area contributed by atoms with E-state index in [1.54, 1.807) is 23.1 Å². The molecule has 1 fully saturated rings. The van der Waals surface area contributed by atoms with Gasteiger partial charge >= 0.3 is 5.97 Å². The second-order valence-electron chi connectivity index (χ2n) is 5.60. The van der Waals surface area contributed by atoms with E-state index in [1.165, 1.54) is 0 Å². The smallest absolute Gasteiger partial charge is 0.308 e. The van der Waals surface area contributed by atoms with Gasteiger partial charge in [0.1, 0.15) is 0 Å². The molecular formula is C15H18ClNO3. The summed E-state index contributed by atoms with van der Waals surface area (Å²) >= 11 is 5.98. The molecule has 1 saturated heterocycles. The Morgan fingerprint density at radius 3 is 2.60 bits per heavy atom. The van der Waals surface area contributed by atoms with Gasteiger partial charge in [-0.3, -0.25) is 9.59 Å². The Kier molecular flexibility index (Phi) is 4.33. The third-order valence-corrected chi connectivity index (χ3v) is 3.80. The van der Waals surface area contributed by atoms with Crippen LogP contribution in [-0.2, 0) is 4.79 Å². The quantitative estimate of drug-likeness (QED) is 0.913. The minimum Gasteiger partial charge on any atom is -0.481 e. The van der Waals surface area contributed by atoms with Gasteiger partial charge in [0.15, 0.2) is 0 Å². The number of piperidine rings is 1. The minimum absolute atomic E-state index is 0.145. The summed E-state index contributed by atoms with van der Waals surface area (Å²) in [5.74, 6) is -1.28. The van der Waals surface area contributed by atoms with E-state index in [2.05, 4.69) is 0 Å². The maximum absolute atomic E-state index is 12.5. The van der Waals surface area contributed by atoms with Crippen LogP contribution in [0.3, 0.4) is 0 Å². The number of carboxylic acids is 1. The molecule has 1 aromatic rings. The zero-order valence-corrected chi connectivity index (χ0v) is 12.4. The van der Waals surface area contributed by atoms with Crippen molar-refractivity contribution in [1.29, 1.82) is 0 Å². The largest absolute Gasteiger partial charge is 0.481 e. The Morgan fingerprint density at radius 2 is 2.00 bits per heavy atom. The number of nitrogens with zero attached hydrogens (tertiary/aromatic N) is 1. The maximum atomic E-state index is 12.5. The zero-order chi connectivity index (χ0) is 14.9. The number of amides is 1. The molecule has 2 rings (SSSR count). The lowest BCUT2D eigenvalue weighted by Crippen LogP contribution is -2.45. The van der Waals surface area contributed by atoms with Gasteiger partial charge in [0.25, 0.3) is 5.91 Å². The molecule has 0 bridgehead atoms. The SMILES string of the molecule is Cc1cc(Cl)cc(C(=O)N2CC(C)CC(C(=O)O)C2)c1. The number of hydrogen-bond donors (Lipinski definition) is 1. The van der Waals surface area contributed by atoms with Crippen LogP contribution in [-0.4, -0.2) is 35.0 Å². The van der Waals surface area contributed by atoms with Crippen LogP contribution in [0.15, 0.2) is 18.2 Å². The number of hydrogen-bond acceptors (Lipinski definition) is 2. The Labute approximate surface area is 123 Å². The first-order valence-corrected chi connectivity index (χ1v) is 7.04. The normalized spacial score (nSPS) is 22.6. The highest BCUT2D eigenvalue weighted by molar-refractivity contribution is 6.31. The van der Waals surface area contributed by atoms with Crippen LogP contribution in [0, 0.1) is 18.8 Å². The summed E-state index contributed by atoms with van der Waals surface area (Å²) in [6, 6.07) is 5.20. The van der Waals surface area contributed by atoms with E-state index >= 15 is 0 Å². The number of halogens is 1. The van der Waals surface area contributed by atoms with Crippen molar-refractivity contribution in [1.82, 2.24) is 4.90 Å². The van der Waals surface area contributed by atoms with E-state index in [1.807, 2.05) is 13.8 Å². The van der Waals surface area contributed by atoms with E-state index in [-0.39, 0.29) is 18.4 Å². The van der Waals surface area contributed by atoms with Crippen LogP contribution in [0.25, 0.3) is 0 Å². The highest BCUT2D eigenvalue weighted by Crippen LogP contribution is 2.24. The van der Waals surface area contributed by atoms with E-state index in [4.69, 9.17) is 16.7 Å². The predicted octanol–water partition coefficient (Wildman–Crippen LogP) is 2.83. The van der Waals surface area contributed by atoms with Crippen molar-refractivity contribution in [3.63, 3.8) is 0 Å². The van der Waals surface area contributed by atoms with Gasteiger partial charge in [-0.05, 0) is 43.0 Å². The molecule has 2 unspecified atom stereocenters. The molecule has 1 N–H and O–H groups in total. The number of likely N-dealkylation sites (tertiary alicyclic amines) is 1. The predicted molar refractivity (Wildman–Crippen MR) is 77.0 cm³/mol. The van der Waals surface area contributed by atoms with Gasteiger partial charge in [-0.15, -0.1) is 0 Å². The Hall–Kier alpha value is -1.55. The van der Waals surface area contributed by atoms with Gasteiger partial charge in [-0.1, -0.05) is 18.5 Å². The summed E-state index contributed by atoms with van der Waals surface area (Å²) in [5.41, 5.74) is 1.44. The lowest BCUT2D eigenvalue weighted by Gasteiger charge is -2.34. The number of aryl methyl sites for hydroxylation is 1. The third-order valence-electron chi connectivity index (χ3n) is 3.59. The first-order chi connectivity index (χ1) is 9.36. The molecule has 1 aromatic carbocycles. The van der Waals surface area contributed by atoms with Crippen molar-refractivity contribution in [2.24, 2.45) is 11.8 Å². The molecule has 2 atom stereocenters. The Balaban J connectivity index is 2.21. The summed E-state index contributed by atoms with van der Waals surface area (Å²) in [5, 5.41) is 9.68. The lowest BCUT2D eigenvalue weighted by atomic mass is 9.90. The summed E-state index contributed by atoms with van der Waals surface area (Å²) in [6.45, 7) is 4.71. The van der Waals surface area contributed by atoms with E-state index in [0.29, 0.717) is 23.6 Å². The topological polar surface area (TPSA) is 57.6 Å². The van der Waals surface area contributed by atoms with Crippen molar-refractivity contribution < 1.29 is 14.7 Å². The molecule has 0 aliphatic carbocycles. The standard InChI is InChI=1S/C15H18ClNO3/c1-9-3-11(6-13(16)5-9)14(18)17-7-10(2)4-12(8-17)15(19)20/h3,5-6,10,12H,4,7-8H2,1-2H3,(H,19,20). The van der Waals surface area contributed by atoms with E-state index < -0.39 is 11.9 Å². The molecule has 1 amide bonds. The van der Waals surface area contributed by atoms with Gasteiger partial charge in [-0.25, -0.2) is 0 Å². The van der Waals surface area contributed by atoms with Gasteiger partial charge in [0, 0.05) is 23.7 Å². The van der Waals surface area contributed by atoms with Gasteiger partial charge in [0.2, 0.25) is 0 Å². The number of rotatable bonds is 2. The molecule has 20 heavy (non-hydrogen) atoms. The molecule has 0 aromatic heterocycles. The molecule has 1 aliphatic heterocycles. The highest BCUT2D eigenvalue weighted by Gasteiger charge is 2.32. The van der Waals surface area contributed by atoms with Crippen molar-refractivity contribution in [2.45, 2.75) is 20.3 Å². The molecule has 5 heteroatoms. The highest BCUT2D eigenvalue weighted by atomic mass is 35.5. The van der Waals surface area contributed by atoms with Gasteiger partial charge in [0.05, 0.1) is 5.92 Å². The molecular weight excluding hydrogens is 278 g/mol. The summed E-state index contributed by atoms with van der Waals surface area (Å²) in [6.07, 6.45) is 0.619. The average Bonchev–Trinajstić information content (AvgIpc) is 2.35. The van der Waals surface area contributed by atoms with E-state index in [9.17, 15) is 9.59 Å². The molecule has 0 saturated carbocycles. The fourth-order valence-electron chi connectivity index (χ4n) is 2.74. The molecule has 1 aliphatic rings. The summed E-state index contributed by atoms with van der Waals surface area (Å²) < 4.78 is 0. The Bertz CT molecular complexity index is 524. The lowest BCUT2D eigenvalue weighted by molar-refractivity contribution is -0.143. The number of aliphatic carboxylic acids is 1. The fourth-order valence-corrected chi connectivity index (χ4v) is 3.03. The minimum atomic E-state index is -0.836. The van der Waals surface area contributed by atoms with Crippen molar-refractivity contribution in [2.75, 3.05) is 13.1 Å². The molecule has 0 radical (unpaired) electrons. The molecule has 1 heterocycles. The van der Waals surface area contributed by atoms with Gasteiger partial charge in [-0.2, -0.15) is 0 Å². The van der Waals surface area contributed by atoms with Crippen LogP contribution in [0.4, 0.5) is 0 Å². The van der Waals surface area contributed by atoms with Crippen molar-refractivity contribution in [3.8, 4) is 0 Å². The maximum Gasteiger partial charge on any atom is 0.308 e. The van der Waals surface area contributed by atoms with Gasteiger partial charge < -0.3 is 10.0 Å². The fraction of sp³-hybridized carbons (Fsp3) is 0.467. The molecule has 4 nitrogen and oxygen atoms in total. The first kappa shape index (κ1) is 14.9. The number of carbonyl (C=O) groups excluding carboxylic acids is 1. The van der Waals surface area contributed by atoms with Crippen LogP contribution in [0.1, 0.15) is 29.3 Å². The van der Waals surface area contributed by atoms with Crippen LogP contribution in [0.5, 0.6) is 0 Å². The number of benzene rings is 1. The summed E-state index contributed by atoms with van der Waals surface area (Å²) in [7, 11) is 0. The van der Waals surface area contributed by atoms with E-state index in [0.717, 1.165) is 5.56 Å². The Morgan fingerprint density at radius 1 is 1.30 bits per heavy atom. The monoisotopic (exact) mass is 295 g/mol. The van der Waals surface area contributed by atoms with Crippen molar-refractivity contribution >= 4 is 23.5 Å². The van der Waals surface area contributed by atoms with Crippen LogP contribution >= 0.6 is 11.6 Å². The first-order valence-electron chi connectivity index (χ1n) is 6.66. The van der Waals surface area contributed by atoms with Crippen molar-refractivity contribution in [3.05, 3.63) is 34.3 Å². The van der Waals surface area contributed by atoms with Crippen LogP contribution < -0.4 is 0 Å². The number of carbonyl (C=O) groups is 2.